The molecule has 0 fully saturated rings. The molecule has 0 saturated carbocycles. The van der Waals surface area contributed by atoms with Crippen LogP contribution >= 0.6 is 0 Å². The minimum atomic E-state index is -4.67. The van der Waals surface area contributed by atoms with Gasteiger partial charge in [-0.25, -0.2) is 0 Å². The first-order valence-electron chi connectivity index (χ1n) is 12.8. The zero-order chi connectivity index (χ0) is 29.3. The van der Waals surface area contributed by atoms with Gasteiger partial charge in [-0.05, 0) is 61.1 Å². The van der Waals surface area contributed by atoms with Gasteiger partial charge in [0.25, 0.3) is 0 Å². The van der Waals surface area contributed by atoms with Crippen LogP contribution in [-0.2, 0) is 36.5 Å². The van der Waals surface area contributed by atoms with Crippen LogP contribution in [0.4, 0.5) is 0 Å². The first-order chi connectivity index (χ1) is 18.4. The van der Waals surface area contributed by atoms with Crippen LogP contribution in [0, 0.1) is 0 Å². The Balaban J connectivity index is 0.00000139. The summed E-state index contributed by atoms with van der Waals surface area (Å²) in [5, 5.41) is 60.4. The summed E-state index contributed by atoms with van der Waals surface area (Å²) in [7, 11) is -4.67. The van der Waals surface area contributed by atoms with E-state index in [0.717, 1.165) is 49.7 Å². The van der Waals surface area contributed by atoms with Crippen molar-refractivity contribution in [1.29, 1.82) is 0 Å². The fraction of sp³-hybridized carbons (Fsp3) is 0.538. The molecule has 0 amide bonds. The fourth-order valence-electron chi connectivity index (χ4n) is 3.88. The van der Waals surface area contributed by atoms with Crippen LogP contribution in [0.5, 0.6) is 11.5 Å². The Kier molecular flexibility index (Phi) is 16.8. The molecule has 2 rings (SSSR count). The number of benzene rings is 2. The summed E-state index contributed by atoms with van der Waals surface area (Å²) in [6.45, 7) is 1.84. The number of aliphatic hydroxyl groups excluding tert-OH is 2. The third-order valence-corrected chi connectivity index (χ3v) is 6.03. The van der Waals surface area contributed by atoms with Crippen LogP contribution < -0.4 is 0 Å². The van der Waals surface area contributed by atoms with Gasteiger partial charge in [0, 0.05) is 37.3 Å². The molecule has 13 heteroatoms. The molecule has 0 saturated heterocycles. The highest BCUT2D eigenvalue weighted by Gasteiger charge is 2.06. The lowest BCUT2D eigenvalue weighted by atomic mass is 10.1. The number of hydroxylamine groups is 4. The van der Waals surface area contributed by atoms with E-state index in [1.54, 1.807) is 36.4 Å². The van der Waals surface area contributed by atoms with Gasteiger partial charge in [0.1, 0.15) is 11.5 Å². The van der Waals surface area contributed by atoms with Crippen LogP contribution in [0.15, 0.2) is 36.4 Å². The summed E-state index contributed by atoms with van der Waals surface area (Å²) in [6.07, 6.45) is 7.41. The van der Waals surface area contributed by atoms with Crippen molar-refractivity contribution >= 4 is 10.4 Å². The SMILES string of the molecule is O=S(=O)(O)O.OCc1cc(CCN(O)CCCCCCCCN(O)CCc2ccc(O)c(CO)c2)ccc1O. The van der Waals surface area contributed by atoms with Crippen molar-refractivity contribution in [2.75, 3.05) is 26.2 Å². The number of aliphatic hydroxyl groups is 2. The molecule has 0 aromatic heterocycles. The molecule has 39 heavy (non-hydrogen) atoms. The van der Waals surface area contributed by atoms with Gasteiger partial charge in [0.2, 0.25) is 0 Å². The van der Waals surface area contributed by atoms with Crippen LogP contribution in [0.2, 0.25) is 0 Å². The molecule has 0 atom stereocenters. The van der Waals surface area contributed by atoms with E-state index in [2.05, 4.69) is 0 Å². The van der Waals surface area contributed by atoms with Crippen molar-refractivity contribution < 1.29 is 48.4 Å². The van der Waals surface area contributed by atoms with E-state index in [1.165, 1.54) is 10.1 Å². The van der Waals surface area contributed by atoms with E-state index < -0.39 is 10.4 Å². The van der Waals surface area contributed by atoms with Gasteiger partial charge in [-0.15, -0.1) is 0 Å². The number of aromatic hydroxyl groups is 2. The Hall–Kier alpha value is -2.33. The van der Waals surface area contributed by atoms with Gasteiger partial charge in [-0.3, -0.25) is 9.11 Å². The predicted molar refractivity (Wildman–Crippen MR) is 144 cm³/mol. The molecular formula is C26H42N2O10S. The minimum Gasteiger partial charge on any atom is -0.508 e. The molecular weight excluding hydrogens is 532 g/mol. The third-order valence-electron chi connectivity index (χ3n) is 6.03. The maximum Gasteiger partial charge on any atom is 0.394 e. The summed E-state index contributed by atoms with van der Waals surface area (Å²) in [4.78, 5) is 0. The molecule has 0 radical (unpaired) electrons. The number of rotatable bonds is 17. The number of hydrogen-bond donors (Lipinski definition) is 8. The summed E-state index contributed by atoms with van der Waals surface area (Å²) in [5.41, 5.74) is 2.94. The maximum absolute atomic E-state index is 10.0. The van der Waals surface area contributed by atoms with Crippen LogP contribution in [0.1, 0.15) is 60.8 Å². The number of unbranched alkanes of at least 4 members (excludes halogenated alkanes) is 5. The summed E-state index contributed by atoms with van der Waals surface area (Å²) in [6, 6.07) is 10.3. The first-order valence-corrected chi connectivity index (χ1v) is 14.2. The lowest BCUT2D eigenvalue weighted by Crippen LogP contribution is -2.23. The van der Waals surface area contributed by atoms with Gasteiger partial charge in [-0.2, -0.15) is 18.5 Å². The number of phenols is 2. The second-order valence-electron chi connectivity index (χ2n) is 9.22. The summed E-state index contributed by atoms with van der Waals surface area (Å²) in [5.74, 6) is 0.176. The van der Waals surface area contributed by atoms with Gasteiger partial charge < -0.3 is 30.8 Å². The minimum absolute atomic E-state index is 0.0882. The largest absolute Gasteiger partial charge is 0.508 e. The highest BCUT2D eigenvalue weighted by Crippen LogP contribution is 2.20. The Labute approximate surface area is 229 Å². The Morgan fingerprint density at radius 3 is 1.26 bits per heavy atom. The zero-order valence-corrected chi connectivity index (χ0v) is 22.9. The Bertz CT molecular complexity index is 991. The molecule has 12 nitrogen and oxygen atoms in total. The second-order valence-corrected chi connectivity index (χ2v) is 10.1. The molecule has 0 aliphatic rings. The molecule has 0 aliphatic heterocycles. The van der Waals surface area contributed by atoms with E-state index in [1.807, 2.05) is 0 Å². The van der Waals surface area contributed by atoms with Crippen molar-refractivity contribution in [3.8, 4) is 11.5 Å². The lowest BCUT2D eigenvalue weighted by Gasteiger charge is -2.16. The monoisotopic (exact) mass is 574 g/mol. The van der Waals surface area contributed by atoms with Crippen LogP contribution in [0.25, 0.3) is 0 Å². The van der Waals surface area contributed by atoms with E-state index >= 15 is 0 Å². The molecule has 0 heterocycles. The Morgan fingerprint density at radius 2 is 0.923 bits per heavy atom. The van der Waals surface area contributed by atoms with Crippen molar-refractivity contribution in [2.45, 2.75) is 64.6 Å². The van der Waals surface area contributed by atoms with Gasteiger partial charge >= 0.3 is 10.4 Å². The molecule has 2 aromatic carbocycles. The van der Waals surface area contributed by atoms with E-state index in [-0.39, 0.29) is 24.7 Å². The summed E-state index contributed by atoms with van der Waals surface area (Å²) < 4.78 is 31.6. The van der Waals surface area contributed by atoms with E-state index in [0.29, 0.717) is 50.1 Å². The molecule has 2 aromatic rings. The molecule has 0 spiro atoms. The van der Waals surface area contributed by atoms with Crippen molar-refractivity contribution in [3.05, 3.63) is 58.7 Å². The van der Waals surface area contributed by atoms with Crippen molar-refractivity contribution in [2.24, 2.45) is 0 Å². The summed E-state index contributed by atoms with van der Waals surface area (Å²) >= 11 is 0. The van der Waals surface area contributed by atoms with E-state index in [9.17, 15) is 30.8 Å². The second kappa shape index (κ2) is 18.9. The maximum atomic E-state index is 10.0. The molecule has 0 aliphatic carbocycles. The predicted octanol–water partition coefficient (Wildman–Crippen LogP) is 2.94. The average Bonchev–Trinajstić information content (AvgIpc) is 2.88. The average molecular weight is 575 g/mol. The highest BCUT2D eigenvalue weighted by atomic mass is 32.3. The van der Waals surface area contributed by atoms with Gasteiger partial charge in [0.15, 0.2) is 0 Å². The van der Waals surface area contributed by atoms with Crippen LogP contribution in [-0.4, -0.2) is 84.7 Å². The highest BCUT2D eigenvalue weighted by molar-refractivity contribution is 7.79. The number of hydrogen-bond acceptors (Lipinski definition) is 10. The van der Waals surface area contributed by atoms with Gasteiger partial charge in [-0.1, -0.05) is 37.8 Å². The third kappa shape index (κ3) is 17.1. The van der Waals surface area contributed by atoms with Crippen molar-refractivity contribution in [1.82, 2.24) is 10.1 Å². The molecule has 0 bridgehead atoms. The smallest absolute Gasteiger partial charge is 0.394 e. The van der Waals surface area contributed by atoms with E-state index in [4.69, 9.17) is 17.5 Å². The fourth-order valence-corrected chi connectivity index (χ4v) is 3.88. The zero-order valence-electron chi connectivity index (χ0n) is 22.1. The normalized spacial score (nSPS) is 11.6. The topological polar surface area (TPSA) is 202 Å². The standard InChI is InChI=1S/C26H40N2O6.H2O4S/c29-19-23-17-21(7-9-25(23)31)11-15-27(33)13-5-3-1-2-4-6-14-28(34)16-12-22-8-10-26(32)24(18-22)20-30;1-5(2,3)4/h7-10,17-18,29-34H,1-6,11-16,19-20H2;(H2,1,2,3,4). The van der Waals surface area contributed by atoms with Crippen LogP contribution in [0.3, 0.4) is 0 Å². The number of nitrogens with zero attached hydrogens (tertiary/aromatic N) is 2. The van der Waals surface area contributed by atoms with Gasteiger partial charge in [0.05, 0.1) is 13.2 Å². The quantitative estimate of drug-likeness (QED) is 0.0781. The first kappa shape index (κ1) is 34.7. The molecule has 0 unspecified atom stereocenters. The Morgan fingerprint density at radius 1 is 0.590 bits per heavy atom. The lowest BCUT2D eigenvalue weighted by molar-refractivity contribution is -0.0913. The van der Waals surface area contributed by atoms with Crippen molar-refractivity contribution in [3.63, 3.8) is 0 Å². The molecule has 8 N–H and O–H groups in total. The molecule has 222 valence electrons.